The molecule has 1 N–H and O–H groups in total. The van der Waals surface area contributed by atoms with E-state index in [1.165, 1.54) is 16.2 Å². The number of fused-ring (bicyclic) bond motifs is 1. The minimum Gasteiger partial charge on any atom is -0.339 e. The van der Waals surface area contributed by atoms with Gasteiger partial charge < -0.3 is 9.84 Å². The number of hydrogen-bond donors (Lipinski definition) is 1. The molecule has 29 heavy (non-hydrogen) atoms. The van der Waals surface area contributed by atoms with Crippen molar-refractivity contribution in [3.05, 3.63) is 63.1 Å². The van der Waals surface area contributed by atoms with Crippen molar-refractivity contribution in [3.8, 4) is 0 Å². The molecular formula is C22H23N3O3S. The van der Waals surface area contributed by atoms with E-state index < -0.39 is 0 Å². The first-order valence-corrected chi connectivity index (χ1v) is 10.7. The van der Waals surface area contributed by atoms with Gasteiger partial charge in [0.1, 0.15) is 5.00 Å². The van der Waals surface area contributed by atoms with Crippen LogP contribution in [-0.4, -0.2) is 21.8 Å². The maximum atomic E-state index is 13.3. The van der Waals surface area contributed by atoms with Crippen molar-refractivity contribution >= 4 is 28.0 Å². The van der Waals surface area contributed by atoms with Gasteiger partial charge in [-0.15, -0.1) is 11.3 Å². The molecule has 4 rings (SSSR count). The second-order valence-electron chi connectivity index (χ2n) is 7.39. The maximum absolute atomic E-state index is 13.3. The molecule has 3 aromatic rings. The second-order valence-corrected chi connectivity index (χ2v) is 8.50. The molecule has 0 bridgehead atoms. The summed E-state index contributed by atoms with van der Waals surface area (Å²) in [4.78, 5) is 31.2. The normalized spacial score (nSPS) is 13.2. The fraction of sp³-hybridized carbons (Fsp3) is 0.364. The maximum Gasteiger partial charge on any atom is 0.227 e. The summed E-state index contributed by atoms with van der Waals surface area (Å²) in [7, 11) is 0. The molecule has 1 amide bonds. The summed E-state index contributed by atoms with van der Waals surface area (Å²) in [5, 5.41) is 7.38. The highest BCUT2D eigenvalue weighted by atomic mass is 32.1. The van der Waals surface area contributed by atoms with Gasteiger partial charge in [0.25, 0.3) is 0 Å². The summed E-state index contributed by atoms with van der Waals surface area (Å²) >= 11 is 1.54. The zero-order chi connectivity index (χ0) is 20.4. The number of anilines is 1. The van der Waals surface area contributed by atoms with Gasteiger partial charge in [-0.05, 0) is 45.1 Å². The molecule has 0 aliphatic heterocycles. The van der Waals surface area contributed by atoms with E-state index in [1.54, 1.807) is 6.92 Å². The average Bonchev–Trinajstić information content (AvgIpc) is 3.29. The monoisotopic (exact) mass is 409 g/mol. The summed E-state index contributed by atoms with van der Waals surface area (Å²) in [6, 6.07) is 7.59. The van der Waals surface area contributed by atoms with Gasteiger partial charge in [0.2, 0.25) is 11.8 Å². The number of hydrogen-bond acceptors (Lipinski definition) is 6. The number of ketones is 1. The Morgan fingerprint density at radius 2 is 1.90 bits per heavy atom. The lowest BCUT2D eigenvalue weighted by Crippen LogP contribution is -2.15. The highest BCUT2D eigenvalue weighted by molar-refractivity contribution is 7.17. The zero-order valence-electron chi connectivity index (χ0n) is 16.6. The number of rotatable bonds is 6. The summed E-state index contributed by atoms with van der Waals surface area (Å²) in [5.74, 6) is 0.820. The highest BCUT2D eigenvalue weighted by Gasteiger charge is 2.27. The van der Waals surface area contributed by atoms with E-state index in [9.17, 15) is 9.59 Å². The molecule has 1 aromatic carbocycles. The number of carbonyl (C=O) groups excluding carboxylic acids is 2. The van der Waals surface area contributed by atoms with Crippen molar-refractivity contribution in [2.75, 3.05) is 5.32 Å². The molecule has 0 saturated carbocycles. The molecule has 0 fully saturated rings. The number of nitrogens with one attached hydrogen (secondary N) is 1. The Morgan fingerprint density at radius 3 is 2.62 bits per heavy atom. The number of carbonyl (C=O) groups is 2. The van der Waals surface area contributed by atoms with Gasteiger partial charge >= 0.3 is 0 Å². The number of benzene rings is 1. The summed E-state index contributed by atoms with van der Waals surface area (Å²) < 4.78 is 5.07. The van der Waals surface area contributed by atoms with Crippen molar-refractivity contribution < 1.29 is 14.1 Å². The first kappa shape index (κ1) is 19.5. The third kappa shape index (κ3) is 4.29. The van der Waals surface area contributed by atoms with Crippen LogP contribution in [0, 0.1) is 13.8 Å². The Balaban J connectivity index is 1.57. The number of amides is 1. The van der Waals surface area contributed by atoms with Gasteiger partial charge in [-0.2, -0.15) is 4.98 Å². The van der Waals surface area contributed by atoms with Crippen LogP contribution in [0.25, 0.3) is 0 Å². The van der Waals surface area contributed by atoms with Gasteiger partial charge in [-0.25, -0.2) is 0 Å². The first-order valence-electron chi connectivity index (χ1n) is 9.86. The van der Waals surface area contributed by atoms with E-state index in [-0.39, 0.29) is 18.1 Å². The van der Waals surface area contributed by atoms with Crippen LogP contribution < -0.4 is 5.32 Å². The van der Waals surface area contributed by atoms with Crippen molar-refractivity contribution in [2.24, 2.45) is 0 Å². The predicted molar refractivity (Wildman–Crippen MR) is 112 cm³/mol. The standard InChI is InChI=1S/C22H23N3O3S/c1-13-7-9-15(10-8-13)21(27)20-16-5-3-4-6-17(16)29-22(20)24-18(26)11-12-19-23-14(2)25-28-19/h7-10H,3-6,11-12H2,1-2H3,(H,24,26). The number of nitrogens with zero attached hydrogens (tertiary/aromatic N) is 2. The summed E-state index contributed by atoms with van der Waals surface area (Å²) in [6.45, 7) is 3.74. The molecular weight excluding hydrogens is 386 g/mol. The Morgan fingerprint density at radius 1 is 1.14 bits per heavy atom. The van der Waals surface area contributed by atoms with Crippen LogP contribution in [0.1, 0.15) is 62.9 Å². The molecule has 2 heterocycles. The van der Waals surface area contributed by atoms with E-state index in [1.807, 2.05) is 31.2 Å². The highest BCUT2D eigenvalue weighted by Crippen LogP contribution is 2.39. The van der Waals surface area contributed by atoms with E-state index in [0.717, 1.165) is 36.8 Å². The van der Waals surface area contributed by atoms with Crippen molar-refractivity contribution in [1.29, 1.82) is 0 Å². The topological polar surface area (TPSA) is 85.1 Å². The lowest BCUT2D eigenvalue weighted by atomic mass is 9.91. The van der Waals surface area contributed by atoms with E-state index in [2.05, 4.69) is 15.5 Å². The quantitative estimate of drug-likeness (QED) is 0.609. The zero-order valence-corrected chi connectivity index (χ0v) is 17.4. The van der Waals surface area contributed by atoms with Crippen LogP contribution in [0.5, 0.6) is 0 Å². The molecule has 0 radical (unpaired) electrons. The molecule has 2 aromatic heterocycles. The molecule has 0 saturated heterocycles. The third-order valence-electron chi connectivity index (χ3n) is 5.10. The van der Waals surface area contributed by atoms with Gasteiger partial charge in [-0.1, -0.05) is 35.0 Å². The Kier molecular flexibility index (Phi) is 5.58. The van der Waals surface area contributed by atoms with E-state index in [4.69, 9.17) is 4.52 Å². The summed E-state index contributed by atoms with van der Waals surface area (Å²) in [5.41, 5.74) is 3.53. The smallest absolute Gasteiger partial charge is 0.227 e. The first-order chi connectivity index (χ1) is 14.0. The Bertz CT molecular complexity index is 1050. The van der Waals surface area contributed by atoms with Crippen LogP contribution in [0.4, 0.5) is 5.00 Å². The molecule has 1 aliphatic rings. The average molecular weight is 410 g/mol. The number of thiophene rings is 1. The molecule has 6 nitrogen and oxygen atoms in total. The molecule has 150 valence electrons. The van der Waals surface area contributed by atoms with Crippen molar-refractivity contribution in [3.63, 3.8) is 0 Å². The van der Waals surface area contributed by atoms with E-state index >= 15 is 0 Å². The molecule has 7 heteroatoms. The molecule has 1 aliphatic carbocycles. The number of aryl methyl sites for hydroxylation is 4. The second kappa shape index (κ2) is 8.29. The largest absolute Gasteiger partial charge is 0.339 e. The predicted octanol–water partition coefficient (Wildman–Crippen LogP) is 4.43. The van der Waals surface area contributed by atoms with Crippen LogP contribution in [0.15, 0.2) is 28.8 Å². The van der Waals surface area contributed by atoms with E-state index in [0.29, 0.717) is 34.3 Å². The van der Waals surface area contributed by atoms with Crippen molar-refractivity contribution in [1.82, 2.24) is 10.1 Å². The Labute approximate surface area is 173 Å². The van der Waals surface area contributed by atoms with Gasteiger partial charge in [0.05, 0.1) is 5.56 Å². The van der Waals surface area contributed by atoms with Crippen LogP contribution in [0.2, 0.25) is 0 Å². The van der Waals surface area contributed by atoms with Gasteiger partial charge in [-0.3, -0.25) is 9.59 Å². The summed E-state index contributed by atoms with van der Waals surface area (Å²) in [6.07, 6.45) is 4.64. The Hall–Kier alpha value is -2.80. The lowest BCUT2D eigenvalue weighted by Gasteiger charge is -2.13. The minimum absolute atomic E-state index is 0.0211. The molecule has 0 unspecified atom stereocenters. The lowest BCUT2D eigenvalue weighted by molar-refractivity contribution is -0.116. The van der Waals surface area contributed by atoms with Crippen LogP contribution in [-0.2, 0) is 24.1 Å². The van der Waals surface area contributed by atoms with Gasteiger partial charge in [0, 0.05) is 23.3 Å². The number of aromatic nitrogens is 2. The fourth-order valence-electron chi connectivity index (χ4n) is 3.59. The molecule has 0 atom stereocenters. The third-order valence-corrected chi connectivity index (χ3v) is 6.31. The molecule has 0 spiro atoms. The minimum atomic E-state index is -0.155. The van der Waals surface area contributed by atoms with Crippen molar-refractivity contribution in [2.45, 2.75) is 52.4 Å². The fourth-order valence-corrected chi connectivity index (χ4v) is 4.90. The van der Waals surface area contributed by atoms with Crippen LogP contribution >= 0.6 is 11.3 Å². The SMILES string of the molecule is Cc1ccc(C(=O)c2c(NC(=O)CCc3nc(C)no3)sc3c2CCCC3)cc1. The van der Waals surface area contributed by atoms with Crippen LogP contribution in [0.3, 0.4) is 0 Å². The van der Waals surface area contributed by atoms with Gasteiger partial charge in [0.15, 0.2) is 11.6 Å².